The molecular weight excluding hydrogens is 268 g/mol. The third-order valence-corrected chi connectivity index (χ3v) is 4.98. The van der Waals surface area contributed by atoms with Gasteiger partial charge in [-0.1, -0.05) is 30.3 Å². The molecule has 112 valence electrons. The van der Waals surface area contributed by atoms with Gasteiger partial charge in [0.2, 0.25) is 0 Å². The monoisotopic (exact) mass is 294 g/mol. The molecule has 0 spiro atoms. The summed E-state index contributed by atoms with van der Waals surface area (Å²) in [6.45, 7) is 7.05. The maximum atomic E-state index is 6.02. The molecule has 1 aromatic carbocycles. The van der Waals surface area contributed by atoms with Gasteiger partial charge in [-0.15, -0.1) is 11.8 Å². The van der Waals surface area contributed by atoms with E-state index in [0.29, 0.717) is 0 Å². The van der Waals surface area contributed by atoms with E-state index in [-0.39, 0.29) is 4.93 Å². The molecule has 1 unspecified atom stereocenters. The topological polar surface area (TPSA) is 38.5 Å². The molecule has 1 atom stereocenters. The first-order valence-electron chi connectivity index (χ1n) is 7.46. The highest BCUT2D eigenvalue weighted by Gasteiger charge is 2.32. The van der Waals surface area contributed by atoms with Crippen LogP contribution in [-0.2, 0) is 10.5 Å². The highest BCUT2D eigenvalue weighted by atomic mass is 32.2. The first kappa shape index (κ1) is 15.8. The number of ether oxygens (including phenoxy) is 1. The standard InChI is InChI=1S/C16H26N2OS/c1-16(20-13-15-7-3-2-4-8-15)14-18(11-12-19-16)10-6-5-9-17/h2-4,7-8H,5-6,9-14,17H2,1H3. The van der Waals surface area contributed by atoms with Gasteiger partial charge in [0, 0.05) is 18.8 Å². The average molecular weight is 294 g/mol. The highest BCUT2D eigenvalue weighted by Crippen LogP contribution is 2.32. The Morgan fingerprint density at radius 3 is 2.85 bits per heavy atom. The van der Waals surface area contributed by atoms with Gasteiger partial charge in [-0.25, -0.2) is 0 Å². The van der Waals surface area contributed by atoms with E-state index in [2.05, 4.69) is 42.2 Å². The van der Waals surface area contributed by atoms with Gasteiger partial charge in [0.25, 0.3) is 0 Å². The lowest BCUT2D eigenvalue weighted by molar-refractivity contribution is -0.0407. The van der Waals surface area contributed by atoms with Crippen molar-refractivity contribution in [1.29, 1.82) is 0 Å². The van der Waals surface area contributed by atoms with Crippen molar-refractivity contribution in [1.82, 2.24) is 4.90 Å². The van der Waals surface area contributed by atoms with Crippen LogP contribution >= 0.6 is 11.8 Å². The summed E-state index contributed by atoms with van der Waals surface area (Å²) in [6.07, 6.45) is 2.31. The van der Waals surface area contributed by atoms with E-state index in [9.17, 15) is 0 Å². The van der Waals surface area contributed by atoms with Crippen LogP contribution < -0.4 is 5.73 Å². The van der Waals surface area contributed by atoms with Crippen molar-refractivity contribution in [3.63, 3.8) is 0 Å². The van der Waals surface area contributed by atoms with Crippen LogP contribution in [0.2, 0.25) is 0 Å². The van der Waals surface area contributed by atoms with E-state index >= 15 is 0 Å². The van der Waals surface area contributed by atoms with E-state index in [1.54, 1.807) is 0 Å². The van der Waals surface area contributed by atoms with Gasteiger partial charge >= 0.3 is 0 Å². The number of unbranched alkanes of at least 4 members (excludes halogenated alkanes) is 1. The second-order valence-corrected chi connectivity index (χ2v) is 6.97. The minimum absolute atomic E-state index is 0.0865. The first-order chi connectivity index (χ1) is 9.72. The molecule has 0 saturated carbocycles. The molecule has 1 heterocycles. The summed E-state index contributed by atoms with van der Waals surface area (Å²) in [5, 5.41) is 0. The molecule has 1 aliphatic rings. The second kappa shape index (κ2) is 8.03. The van der Waals surface area contributed by atoms with Crippen molar-refractivity contribution in [3.8, 4) is 0 Å². The molecule has 4 heteroatoms. The van der Waals surface area contributed by atoms with Crippen LogP contribution in [0.1, 0.15) is 25.3 Å². The van der Waals surface area contributed by atoms with E-state index in [4.69, 9.17) is 10.5 Å². The summed E-state index contributed by atoms with van der Waals surface area (Å²) < 4.78 is 6.02. The van der Waals surface area contributed by atoms with Gasteiger partial charge in [0.1, 0.15) is 4.93 Å². The maximum absolute atomic E-state index is 6.02. The number of hydrogen-bond donors (Lipinski definition) is 1. The lowest BCUT2D eigenvalue weighted by Crippen LogP contribution is -2.48. The fourth-order valence-corrected chi connectivity index (χ4v) is 3.59. The largest absolute Gasteiger partial charge is 0.362 e. The SMILES string of the molecule is CC1(SCc2ccccc2)CN(CCCCN)CCO1. The molecule has 1 aliphatic heterocycles. The van der Waals surface area contributed by atoms with Crippen molar-refractivity contribution < 1.29 is 4.74 Å². The third-order valence-electron chi connectivity index (χ3n) is 3.64. The number of rotatable bonds is 7. The van der Waals surface area contributed by atoms with Gasteiger partial charge in [-0.3, -0.25) is 4.90 Å². The van der Waals surface area contributed by atoms with Gasteiger partial charge in [-0.05, 0) is 38.4 Å². The number of thioether (sulfide) groups is 1. The Balaban J connectivity index is 1.79. The quantitative estimate of drug-likeness (QED) is 0.785. The smallest absolute Gasteiger partial charge is 0.123 e. The number of nitrogens with two attached hydrogens (primary N) is 1. The van der Waals surface area contributed by atoms with E-state index in [1.807, 2.05) is 11.8 Å². The second-order valence-electron chi connectivity index (χ2n) is 5.53. The molecule has 2 rings (SSSR count). The molecule has 0 aliphatic carbocycles. The highest BCUT2D eigenvalue weighted by molar-refractivity contribution is 7.99. The molecule has 0 aromatic heterocycles. The molecular formula is C16H26N2OS. The van der Waals surface area contributed by atoms with Crippen LogP contribution in [0.5, 0.6) is 0 Å². The predicted molar refractivity (Wildman–Crippen MR) is 86.8 cm³/mol. The summed E-state index contributed by atoms with van der Waals surface area (Å²) in [6, 6.07) is 10.6. The molecule has 2 N–H and O–H groups in total. The maximum Gasteiger partial charge on any atom is 0.123 e. The summed E-state index contributed by atoms with van der Waals surface area (Å²) in [5.41, 5.74) is 6.93. The summed E-state index contributed by atoms with van der Waals surface area (Å²) in [5.74, 6) is 1.01. The Labute approximate surface area is 126 Å². The van der Waals surface area contributed by atoms with E-state index in [1.165, 1.54) is 12.0 Å². The molecule has 0 radical (unpaired) electrons. The van der Waals surface area contributed by atoms with Crippen molar-refractivity contribution >= 4 is 11.8 Å². The van der Waals surface area contributed by atoms with Crippen molar-refractivity contribution in [2.75, 3.05) is 32.8 Å². The number of benzene rings is 1. The van der Waals surface area contributed by atoms with Crippen LogP contribution in [0.15, 0.2) is 30.3 Å². The van der Waals surface area contributed by atoms with Crippen molar-refractivity contribution in [3.05, 3.63) is 35.9 Å². The van der Waals surface area contributed by atoms with Crippen LogP contribution in [0.25, 0.3) is 0 Å². The van der Waals surface area contributed by atoms with Crippen molar-refractivity contribution in [2.45, 2.75) is 30.5 Å². The third kappa shape index (κ3) is 5.09. The Hall–Kier alpha value is -0.550. The Morgan fingerprint density at radius 1 is 1.30 bits per heavy atom. The zero-order valence-corrected chi connectivity index (χ0v) is 13.2. The minimum atomic E-state index is -0.0865. The van der Waals surface area contributed by atoms with Gasteiger partial charge in [0.05, 0.1) is 6.61 Å². The van der Waals surface area contributed by atoms with Crippen LogP contribution in [0, 0.1) is 0 Å². The molecule has 0 bridgehead atoms. The number of morpholine rings is 1. The van der Waals surface area contributed by atoms with Crippen LogP contribution in [0.3, 0.4) is 0 Å². The van der Waals surface area contributed by atoms with Crippen molar-refractivity contribution in [2.24, 2.45) is 5.73 Å². The number of nitrogens with zero attached hydrogens (tertiary/aromatic N) is 1. The Bertz CT molecular complexity index is 387. The van der Waals surface area contributed by atoms with Gasteiger partial charge < -0.3 is 10.5 Å². The molecule has 0 amide bonds. The minimum Gasteiger partial charge on any atom is -0.362 e. The van der Waals surface area contributed by atoms with Gasteiger partial charge in [0.15, 0.2) is 0 Å². The fraction of sp³-hybridized carbons (Fsp3) is 0.625. The molecule has 1 saturated heterocycles. The van der Waals surface area contributed by atoms with Crippen LogP contribution in [-0.4, -0.2) is 42.6 Å². The average Bonchev–Trinajstić information content (AvgIpc) is 2.47. The zero-order valence-electron chi connectivity index (χ0n) is 12.4. The lowest BCUT2D eigenvalue weighted by atomic mass is 10.2. The Kier molecular flexibility index (Phi) is 6.36. The molecule has 20 heavy (non-hydrogen) atoms. The normalized spacial score (nSPS) is 23.9. The molecule has 1 fully saturated rings. The summed E-state index contributed by atoms with van der Waals surface area (Å²) in [4.78, 5) is 2.42. The number of hydrogen-bond acceptors (Lipinski definition) is 4. The van der Waals surface area contributed by atoms with E-state index in [0.717, 1.165) is 45.0 Å². The zero-order chi connectivity index (χ0) is 14.3. The van der Waals surface area contributed by atoms with E-state index < -0.39 is 0 Å². The molecule has 1 aromatic rings. The fourth-order valence-electron chi connectivity index (χ4n) is 2.49. The first-order valence-corrected chi connectivity index (χ1v) is 8.45. The summed E-state index contributed by atoms with van der Waals surface area (Å²) in [7, 11) is 0. The van der Waals surface area contributed by atoms with Crippen LogP contribution in [0.4, 0.5) is 0 Å². The Morgan fingerprint density at radius 2 is 2.10 bits per heavy atom. The lowest BCUT2D eigenvalue weighted by Gasteiger charge is -2.40. The molecule has 3 nitrogen and oxygen atoms in total. The van der Waals surface area contributed by atoms with Gasteiger partial charge in [-0.2, -0.15) is 0 Å². The predicted octanol–water partition coefficient (Wildman–Crippen LogP) is 2.71. The summed E-state index contributed by atoms with van der Waals surface area (Å²) >= 11 is 1.91.